The van der Waals surface area contributed by atoms with Crippen molar-refractivity contribution in [3.8, 4) is 5.75 Å². The molecule has 21 heavy (non-hydrogen) atoms. The molecular weight excluding hydrogens is 336 g/mol. The van der Waals surface area contributed by atoms with E-state index < -0.39 is 0 Å². The third-order valence-electron chi connectivity index (χ3n) is 3.10. The third kappa shape index (κ3) is 3.72. The van der Waals surface area contributed by atoms with E-state index in [0.29, 0.717) is 16.7 Å². The Bertz CT molecular complexity index is 661. The number of ether oxygens (including phenoxy) is 1. The van der Waals surface area contributed by atoms with E-state index in [4.69, 9.17) is 4.74 Å². The summed E-state index contributed by atoms with van der Waals surface area (Å²) in [5, 5.41) is 11.2. The summed E-state index contributed by atoms with van der Waals surface area (Å²) in [6.45, 7) is 0.555. The van der Waals surface area contributed by atoms with Crippen LogP contribution in [0.2, 0.25) is 0 Å². The van der Waals surface area contributed by atoms with Crippen LogP contribution >= 0.6 is 15.9 Å². The van der Waals surface area contributed by atoms with Crippen LogP contribution in [0.15, 0.2) is 46.9 Å². The Kier molecular flexibility index (Phi) is 4.80. The monoisotopic (exact) mass is 350 g/mol. The number of nitro groups is 1. The fourth-order valence-corrected chi connectivity index (χ4v) is 2.44. The van der Waals surface area contributed by atoms with E-state index in [1.165, 1.54) is 6.07 Å². The number of anilines is 1. The summed E-state index contributed by atoms with van der Waals surface area (Å²) in [6, 6.07) is 12.7. The summed E-state index contributed by atoms with van der Waals surface area (Å²) < 4.78 is 5.87. The summed E-state index contributed by atoms with van der Waals surface area (Å²) >= 11 is 3.26. The van der Waals surface area contributed by atoms with Crippen LogP contribution in [0.4, 0.5) is 11.4 Å². The van der Waals surface area contributed by atoms with E-state index in [1.807, 2.05) is 36.2 Å². The van der Waals surface area contributed by atoms with Crippen molar-refractivity contribution in [1.82, 2.24) is 0 Å². The number of nitro benzene ring substituents is 1. The molecule has 110 valence electrons. The first-order valence-corrected chi connectivity index (χ1v) is 7.08. The quantitative estimate of drug-likeness (QED) is 0.604. The minimum absolute atomic E-state index is 0.0785. The van der Waals surface area contributed by atoms with Crippen LogP contribution in [-0.2, 0) is 6.54 Å². The Morgan fingerprint density at radius 2 is 2.05 bits per heavy atom. The number of hydrogen-bond donors (Lipinski definition) is 0. The van der Waals surface area contributed by atoms with Crippen LogP contribution in [-0.4, -0.2) is 19.1 Å². The van der Waals surface area contributed by atoms with Gasteiger partial charge in [-0.05, 0) is 29.8 Å². The molecule has 0 radical (unpaired) electrons. The molecule has 0 N–H and O–H groups in total. The van der Waals surface area contributed by atoms with Gasteiger partial charge in [-0.2, -0.15) is 0 Å². The van der Waals surface area contributed by atoms with Crippen molar-refractivity contribution in [2.75, 3.05) is 19.1 Å². The van der Waals surface area contributed by atoms with Crippen molar-refractivity contribution in [2.24, 2.45) is 0 Å². The van der Waals surface area contributed by atoms with Crippen LogP contribution in [0, 0.1) is 10.1 Å². The normalized spacial score (nSPS) is 10.2. The molecule has 0 saturated carbocycles. The van der Waals surface area contributed by atoms with E-state index in [9.17, 15) is 10.1 Å². The largest absolute Gasteiger partial charge is 0.497 e. The second-order valence-corrected chi connectivity index (χ2v) is 5.51. The van der Waals surface area contributed by atoms with Crippen LogP contribution < -0.4 is 9.64 Å². The predicted molar refractivity (Wildman–Crippen MR) is 85.9 cm³/mol. The molecule has 0 saturated heterocycles. The van der Waals surface area contributed by atoms with E-state index in [0.717, 1.165) is 11.3 Å². The molecule has 0 aromatic heterocycles. The highest BCUT2D eigenvalue weighted by Crippen LogP contribution is 2.31. The van der Waals surface area contributed by atoms with Crippen LogP contribution in [0.5, 0.6) is 5.75 Å². The smallest absolute Gasteiger partial charge is 0.293 e. The standard InChI is InChI=1S/C15H15BrN2O3/c1-17(10-11-4-3-5-13(8-11)21-2)14-7-6-12(16)9-15(14)18(19)20/h3-9H,10H2,1-2H3. The first-order chi connectivity index (χ1) is 10.0. The molecule has 0 aliphatic carbocycles. The van der Waals surface area contributed by atoms with Crippen LogP contribution in [0.25, 0.3) is 0 Å². The molecule has 2 aromatic carbocycles. The van der Waals surface area contributed by atoms with E-state index in [-0.39, 0.29) is 10.6 Å². The van der Waals surface area contributed by atoms with Crippen molar-refractivity contribution >= 4 is 27.3 Å². The summed E-state index contributed by atoms with van der Waals surface area (Å²) in [7, 11) is 3.44. The van der Waals surface area contributed by atoms with Crippen molar-refractivity contribution in [3.63, 3.8) is 0 Å². The first-order valence-electron chi connectivity index (χ1n) is 6.29. The van der Waals surface area contributed by atoms with Crippen molar-refractivity contribution in [2.45, 2.75) is 6.54 Å². The topological polar surface area (TPSA) is 55.6 Å². The van der Waals surface area contributed by atoms with Gasteiger partial charge in [-0.1, -0.05) is 28.1 Å². The second-order valence-electron chi connectivity index (χ2n) is 4.60. The summed E-state index contributed by atoms with van der Waals surface area (Å²) in [5.41, 5.74) is 1.68. The van der Waals surface area contributed by atoms with Crippen molar-refractivity contribution in [3.05, 3.63) is 62.6 Å². The second kappa shape index (κ2) is 6.58. The molecule has 0 heterocycles. The molecule has 0 bridgehead atoms. The molecular formula is C15H15BrN2O3. The van der Waals surface area contributed by atoms with E-state index in [2.05, 4.69) is 15.9 Å². The minimum atomic E-state index is -0.373. The third-order valence-corrected chi connectivity index (χ3v) is 3.59. The molecule has 0 fully saturated rings. The Balaban J connectivity index is 2.27. The number of methoxy groups -OCH3 is 1. The van der Waals surface area contributed by atoms with Gasteiger partial charge >= 0.3 is 0 Å². The molecule has 0 amide bonds. The van der Waals surface area contributed by atoms with Gasteiger partial charge in [-0.3, -0.25) is 10.1 Å². The zero-order valence-electron chi connectivity index (χ0n) is 11.7. The maximum atomic E-state index is 11.2. The Morgan fingerprint density at radius 1 is 1.29 bits per heavy atom. The molecule has 0 atom stereocenters. The molecule has 2 aromatic rings. The van der Waals surface area contributed by atoms with Gasteiger partial charge in [0.25, 0.3) is 5.69 Å². The number of benzene rings is 2. The lowest BCUT2D eigenvalue weighted by Gasteiger charge is -2.19. The fourth-order valence-electron chi connectivity index (χ4n) is 2.10. The van der Waals surface area contributed by atoms with Crippen molar-refractivity contribution < 1.29 is 9.66 Å². The minimum Gasteiger partial charge on any atom is -0.497 e. The van der Waals surface area contributed by atoms with Gasteiger partial charge in [0.15, 0.2) is 0 Å². The molecule has 5 nitrogen and oxygen atoms in total. The van der Waals surface area contributed by atoms with Crippen molar-refractivity contribution in [1.29, 1.82) is 0 Å². The average molecular weight is 351 g/mol. The SMILES string of the molecule is COc1cccc(CN(C)c2ccc(Br)cc2[N+](=O)[O-])c1. The zero-order valence-corrected chi connectivity index (χ0v) is 13.3. The Hall–Kier alpha value is -2.08. The van der Waals surface area contributed by atoms with Gasteiger partial charge < -0.3 is 9.64 Å². The highest BCUT2D eigenvalue weighted by atomic mass is 79.9. The summed E-state index contributed by atoms with van der Waals surface area (Å²) in [6.07, 6.45) is 0. The Labute approximate surface area is 131 Å². The number of halogens is 1. The van der Waals surface area contributed by atoms with Gasteiger partial charge in [0.05, 0.1) is 12.0 Å². The Morgan fingerprint density at radius 3 is 2.71 bits per heavy atom. The highest BCUT2D eigenvalue weighted by Gasteiger charge is 2.17. The lowest BCUT2D eigenvalue weighted by Crippen LogP contribution is -2.17. The number of rotatable bonds is 5. The number of nitrogens with zero attached hydrogens (tertiary/aromatic N) is 2. The number of hydrogen-bond acceptors (Lipinski definition) is 4. The fraction of sp³-hybridized carbons (Fsp3) is 0.200. The lowest BCUT2D eigenvalue weighted by atomic mass is 10.2. The molecule has 0 spiro atoms. The molecule has 6 heteroatoms. The molecule has 2 rings (SSSR count). The van der Waals surface area contributed by atoms with Gasteiger partial charge in [0.2, 0.25) is 0 Å². The summed E-state index contributed by atoms with van der Waals surface area (Å²) in [4.78, 5) is 12.6. The van der Waals surface area contributed by atoms with Gasteiger partial charge in [-0.15, -0.1) is 0 Å². The highest BCUT2D eigenvalue weighted by molar-refractivity contribution is 9.10. The maximum Gasteiger partial charge on any atom is 0.293 e. The van der Waals surface area contributed by atoms with Gasteiger partial charge in [-0.25, -0.2) is 0 Å². The molecule has 0 aliphatic heterocycles. The van der Waals surface area contributed by atoms with Gasteiger partial charge in [0, 0.05) is 24.1 Å². The van der Waals surface area contributed by atoms with Crippen LogP contribution in [0.1, 0.15) is 5.56 Å². The lowest BCUT2D eigenvalue weighted by molar-refractivity contribution is -0.384. The molecule has 0 aliphatic rings. The average Bonchev–Trinajstić information content (AvgIpc) is 2.47. The van der Waals surface area contributed by atoms with Crippen LogP contribution in [0.3, 0.4) is 0 Å². The predicted octanol–water partition coefficient (Wildman–Crippen LogP) is 4.00. The van der Waals surface area contributed by atoms with Gasteiger partial charge in [0.1, 0.15) is 11.4 Å². The van der Waals surface area contributed by atoms with E-state index >= 15 is 0 Å². The molecule has 0 unspecified atom stereocenters. The summed E-state index contributed by atoms with van der Waals surface area (Å²) in [5.74, 6) is 0.770. The maximum absolute atomic E-state index is 11.2. The first kappa shape index (κ1) is 15.3. The zero-order chi connectivity index (χ0) is 15.4. The van der Waals surface area contributed by atoms with E-state index in [1.54, 1.807) is 19.2 Å².